The summed E-state index contributed by atoms with van der Waals surface area (Å²) in [5.74, 6) is 4.85. The van der Waals surface area contributed by atoms with E-state index >= 15 is 0 Å². The quantitative estimate of drug-likeness (QED) is 0.918. The third-order valence-electron chi connectivity index (χ3n) is 2.68. The monoisotopic (exact) mass is 299 g/mol. The molecule has 1 saturated heterocycles. The standard InChI is InChI=1S/C11H13N3OS3/c1-6-4-8(12)18-9(6)11-13-10(14-15-11)7-5-16-2-3-17-7/h4,7H,2-3,5,12H2,1H3. The van der Waals surface area contributed by atoms with E-state index in [9.17, 15) is 0 Å². The highest BCUT2D eigenvalue weighted by atomic mass is 32.2. The number of hydrogen-bond donors (Lipinski definition) is 1. The maximum atomic E-state index is 5.79. The molecule has 7 heteroatoms. The number of nitrogen functional groups attached to an aromatic ring is 1. The number of aromatic nitrogens is 2. The molecule has 4 nitrogen and oxygen atoms in total. The first-order valence-corrected chi connectivity index (χ1v) is 8.65. The summed E-state index contributed by atoms with van der Waals surface area (Å²) in [5.41, 5.74) is 6.88. The van der Waals surface area contributed by atoms with Crippen LogP contribution < -0.4 is 5.73 Å². The molecule has 1 unspecified atom stereocenters. The minimum atomic E-state index is 0.360. The summed E-state index contributed by atoms with van der Waals surface area (Å²) in [6, 6.07) is 1.94. The molecule has 1 aliphatic heterocycles. The van der Waals surface area contributed by atoms with E-state index in [1.54, 1.807) is 0 Å². The van der Waals surface area contributed by atoms with Gasteiger partial charge < -0.3 is 10.3 Å². The van der Waals surface area contributed by atoms with E-state index < -0.39 is 0 Å². The minimum absolute atomic E-state index is 0.360. The second-order valence-corrected chi connectivity index (χ2v) is 7.60. The van der Waals surface area contributed by atoms with Crippen molar-refractivity contribution in [3.8, 4) is 10.8 Å². The molecule has 0 bridgehead atoms. The first-order chi connectivity index (χ1) is 8.74. The van der Waals surface area contributed by atoms with Gasteiger partial charge in [-0.25, -0.2) is 0 Å². The normalized spacial score (nSPS) is 20.2. The van der Waals surface area contributed by atoms with Gasteiger partial charge in [-0.3, -0.25) is 0 Å². The van der Waals surface area contributed by atoms with Crippen LogP contribution in [0.4, 0.5) is 5.00 Å². The number of nitrogens with zero attached hydrogens (tertiary/aromatic N) is 2. The minimum Gasteiger partial charge on any atom is -0.391 e. The van der Waals surface area contributed by atoms with Crippen molar-refractivity contribution in [2.45, 2.75) is 12.2 Å². The molecule has 2 N–H and O–H groups in total. The summed E-state index contributed by atoms with van der Waals surface area (Å²) in [6.45, 7) is 2.01. The predicted molar refractivity (Wildman–Crippen MR) is 79.3 cm³/mol. The molecule has 0 spiro atoms. The van der Waals surface area contributed by atoms with Crippen LogP contribution in [-0.4, -0.2) is 27.4 Å². The van der Waals surface area contributed by atoms with E-state index in [2.05, 4.69) is 10.1 Å². The molecule has 3 heterocycles. The summed E-state index contributed by atoms with van der Waals surface area (Å²) in [5, 5.41) is 5.25. The molecule has 3 rings (SSSR count). The Bertz CT molecular complexity index is 545. The van der Waals surface area contributed by atoms with Gasteiger partial charge in [-0.1, -0.05) is 5.16 Å². The Morgan fingerprint density at radius 1 is 1.44 bits per heavy atom. The lowest BCUT2D eigenvalue weighted by molar-refractivity contribution is 0.423. The zero-order chi connectivity index (χ0) is 12.5. The molecule has 0 amide bonds. The Hall–Kier alpha value is -0.660. The number of thiophene rings is 1. The number of hydrogen-bond acceptors (Lipinski definition) is 7. The number of rotatable bonds is 2. The summed E-state index contributed by atoms with van der Waals surface area (Å²) in [4.78, 5) is 5.51. The number of aryl methyl sites for hydroxylation is 1. The lowest BCUT2D eigenvalue weighted by Crippen LogP contribution is -2.07. The summed E-state index contributed by atoms with van der Waals surface area (Å²) in [7, 11) is 0. The molecular formula is C11H13N3OS3. The van der Waals surface area contributed by atoms with Crippen LogP contribution in [0.25, 0.3) is 10.8 Å². The fourth-order valence-corrected chi connectivity index (χ4v) is 5.26. The van der Waals surface area contributed by atoms with Crippen molar-refractivity contribution < 1.29 is 4.52 Å². The van der Waals surface area contributed by atoms with Crippen LogP contribution in [0.1, 0.15) is 16.6 Å². The third kappa shape index (κ3) is 2.39. The second-order valence-electron chi connectivity index (χ2n) is 4.05. The second kappa shape index (κ2) is 5.14. The zero-order valence-electron chi connectivity index (χ0n) is 9.88. The van der Waals surface area contributed by atoms with Crippen molar-refractivity contribution in [3.05, 3.63) is 17.5 Å². The highest BCUT2D eigenvalue weighted by Crippen LogP contribution is 2.37. The Kier molecular flexibility index (Phi) is 3.54. The first kappa shape index (κ1) is 12.4. The Labute approximate surface area is 118 Å². The average molecular weight is 299 g/mol. The SMILES string of the molecule is Cc1cc(N)sc1-c1nc(C2CSCCS2)no1. The molecule has 2 aromatic rings. The van der Waals surface area contributed by atoms with E-state index in [-0.39, 0.29) is 0 Å². The summed E-state index contributed by atoms with van der Waals surface area (Å²) < 4.78 is 5.37. The van der Waals surface area contributed by atoms with Gasteiger partial charge >= 0.3 is 0 Å². The van der Waals surface area contributed by atoms with Gasteiger partial charge in [0.2, 0.25) is 0 Å². The molecular weight excluding hydrogens is 286 g/mol. The van der Waals surface area contributed by atoms with Crippen molar-refractivity contribution in [3.63, 3.8) is 0 Å². The zero-order valence-corrected chi connectivity index (χ0v) is 12.3. The van der Waals surface area contributed by atoms with E-state index in [0.29, 0.717) is 11.1 Å². The van der Waals surface area contributed by atoms with Crippen LogP contribution in [0.2, 0.25) is 0 Å². The van der Waals surface area contributed by atoms with Gasteiger partial charge in [0, 0.05) is 17.3 Å². The van der Waals surface area contributed by atoms with E-state index in [1.165, 1.54) is 17.1 Å². The van der Waals surface area contributed by atoms with Gasteiger partial charge in [0.25, 0.3) is 5.89 Å². The molecule has 0 aromatic carbocycles. The first-order valence-electron chi connectivity index (χ1n) is 5.63. The van der Waals surface area contributed by atoms with E-state index in [4.69, 9.17) is 10.3 Å². The van der Waals surface area contributed by atoms with Crippen molar-refractivity contribution in [1.29, 1.82) is 0 Å². The smallest absolute Gasteiger partial charge is 0.268 e. The van der Waals surface area contributed by atoms with Gasteiger partial charge in [-0.15, -0.1) is 23.1 Å². The molecule has 0 radical (unpaired) electrons. The van der Waals surface area contributed by atoms with Crippen LogP contribution >= 0.6 is 34.9 Å². The topological polar surface area (TPSA) is 64.9 Å². The van der Waals surface area contributed by atoms with Crippen LogP contribution in [0.15, 0.2) is 10.6 Å². The fourth-order valence-electron chi connectivity index (χ4n) is 1.81. The van der Waals surface area contributed by atoms with Gasteiger partial charge in [0.05, 0.1) is 15.1 Å². The molecule has 96 valence electrons. The fraction of sp³-hybridized carbons (Fsp3) is 0.455. The number of nitrogens with two attached hydrogens (primary N) is 1. The van der Waals surface area contributed by atoms with Gasteiger partial charge in [0.1, 0.15) is 0 Å². The van der Waals surface area contributed by atoms with Crippen LogP contribution in [0.3, 0.4) is 0 Å². The van der Waals surface area contributed by atoms with Crippen LogP contribution in [0, 0.1) is 6.92 Å². The molecule has 0 saturated carbocycles. The molecule has 0 aliphatic carbocycles. The molecule has 18 heavy (non-hydrogen) atoms. The summed E-state index contributed by atoms with van der Waals surface area (Å²) in [6.07, 6.45) is 0. The third-order valence-corrected chi connectivity index (χ3v) is 6.48. The van der Waals surface area contributed by atoms with E-state index in [0.717, 1.165) is 32.8 Å². The van der Waals surface area contributed by atoms with Gasteiger partial charge in [0.15, 0.2) is 5.82 Å². The summed E-state index contributed by atoms with van der Waals surface area (Å²) >= 11 is 5.35. The highest BCUT2D eigenvalue weighted by molar-refractivity contribution is 8.06. The maximum Gasteiger partial charge on any atom is 0.268 e. The van der Waals surface area contributed by atoms with Crippen molar-refractivity contribution >= 4 is 39.9 Å². The molecule has 2 aromatic heterocycles. The Morgan fingerprint density at radius 3 is 3.00 bits per heavy atom. The molecule has 1 aliphatic rings. The predicted octanol–water partition coefficient (Wildman–Crippen LogP) is 3.21. The largest absolute Gasteiger partial charge is 0.391 e. The average Bonchev–Trinajstić information content (AvgIpc) is 2.97. The lowest BCUT2D eigenvalue weighted by atomic mass is 10.3. The van der Waals surface area contributed by atoms with Crippen molar-refractivity contribution in [2.75, 3.05) is 23.0 Å². The van der Waals surface area contributed by atoms with Crippen molar-refractivity contribution in [1.82, 2.24) is 10.1 Å². The van der Waals surface area contributed by atoms with E-state index in [1.807, 2.05) is 36.5 Å². The highest BCUT2D eigenvalue weighted by Gasteiger charge is 2.23. The van der Waals surface area contributed by atoms with Gasteiger partial charge in [-0.2, -0.15) is 16.7 Å². The molecule has 1 fully saturated rings. The van der Waals surface area contributed by atoms with Crippen LogP contribution in [-0.2, 0) is 0 Å². The lowest BCUT2D eigenvalue weighted by Gasteiger charge is -2.16. The maximum absolute atomic E-state index is 5.79. The number of anilines is 1. The van der Waals surface area contributed by atoms with Gasteiger partial charge in [-0.05, 0) is 18.6 Å². The van der Waals surface area contributed by atoms with Crippen molar-refractivity contribution in [2.24, 2.45) is 0 Å². The number of thioether (sulfide) groups is 2. The Morgan fingerprint density at radius 2 is 2.33 bits per heavy atom. The van der Waals surface area contributed by atoms with Crippen LogP contribution in [0.5, 0.6) is 0 Å². The Balaban J connectivity index is 1.86. The molecule has 1 atom stereocenters.